The molecule has 82 valence electrons. The zero-order valence-electron chi connectivity index (χ0n) is 8.39. The van der Waals surface area contributed by atoms with Gasteiger partial charge in [0.1, 0.15) is 0 Å². The van der Waals surface area contributed by atoms with Crippen molar-refractivity contribution in [2.45, 2.75) is 17.0 Å². The van der Waals surface area contributed by atoms with Gasteiger partial charge in [-0.1, -0.05) is 39.8 Å². The summed E-state index contributed by atoms with van der Waals surface area (Å²) in [7, 11) is 0. The number of alkyl halides is 1. The van der Waals surface area contributed by atoms with Crippen molar-refractivity contribution in [3.8, 4) is 0 Å². The average molecular weight is 297 g/mol. The number of halogens is 1. The Morgan fingerprint density at radius 1 is 1.50 bits per heavy atom. The Hall–Kier alpha value is -0.810. The van der Waals surface area contributed by atoms with Crippen LogP contribution in [0.1, 0.15) is 0 Å². The molecule has 5 heteroatoms. The van der Waals surface area contributed by atoms with E-state index in [1.807, 2.05) is 24.3 Å². The molecule has 3 nitrogen and oxygen atoms in total. The second-order valence-corrected chi connectivity index (χ2v) is 5.64. The molecule has 2 heterocycles. The van der Waals surface area contributed by atoms with Crippen LogP contribution in [0, 0.1) is 0 Å². The van der Waals surface area contributed by atoms with E-state index in [0.717, 1.165) is 22.5 Å². The SMILES string of the molecule is O=c1nc2n(c3ccccc13)C[C@H](CBr)S2. The van der Waals surface area contributed by atoms with Crippen LogP contribution in [0.4, 0.5) is 0 Å². The molecule has 1 atom stereocenters. The minimum absolute atomic E-state index is 0.121. The minimum atomic E-state index is -0.121. The minimum Gasteiger partial charge on any atom is -0.319 e. The van der Waals surface area contributed by atoms with Gasteiger partial charge < -0.3 is 4.57 Å². The highest BCUT2D eigenvalue weighted by atomic mass is 79.9. The summed E-state index contributed by atoms with van der Waals surface area (Å²) >= 11 is 5.15. The van der Waals surface area contributed by atoms with E-state index >= 15 is 0 Å². The molecule has 1 aliphatic heterocycles. The Labute approximate surface area is 105 Å². The summed E-state index contributed by atoms with van der Waals surface area (Å²) in [5, 5.41) is 2.94. The molecule has 0 saturated heterocycles. The van der Waals surface area contributed by atoms with E-state index in [1.54, 1.807) is 11.8 Å². The molecule has 16 heavy (non-hydrogen) atoms. The molecule has 0 saturated carbocycles. The van der Waals surface area contributed by atoms with Crippen LogP contribution in [0.2, 0.25) is 0 Å². The first-order chi connectivity index (χ1) is 7.79. The zero-order chi connectivity index (χ0) is 11.1. The van der Waals surface area contributed by atoms with Gasteiger partial charge in [0, 0.05) is 17.1 Å². The summed E-state index contributed by atoms with van der Waals surface area (Å²) in [6.45, 7) is 0.916. The molecule has 0 bridgehead atoms. The second kappa shape index (κ2) is 3.89. The van der Waals surface area contributed by atoms with Crippen molar-refractivity contribution in [2.24, 2.45) is 0 Å². The van der Waals surface area contributed by atoms with Gasteiger partial charge in [-0.05, 0) is 12.1 Å². The lowest BCUT2D eigenvalue weighted by atomic mass is 10.2. The van der Waals surface area contributed by atoms with E-state index in [0.29, 0.717) is 10.6 Å². The monoisotopic (exact) mass is 296 g/mol. The summed E-state index contributed by atoms with van der Waals surface area (Å²) in [5.41, 5.74) is 0.873. The fourth-order valence-electron chi connectivity index (χ4n) is 1.94. The molecule has 0 radical (unpaired) electrons. The van der Waals surface area contributed by atoms with Gasteiger partial charge in [-0.3, -0.25) is 4.79 Å². The first-order valence-electron chi connectivity index (χ1n) is 5.02. The van der Waals surface area contributed by atoms with Gasteiger partial charge in [0.25, 0.3) is 5.56 Å². The van der Waals surface area contributed by atoms with Crippen molar-refractivity contribution in [1.82, 2.24) is 9.55 Å². The largest absolute Gasteiger partial charge is 0.319 e. The number of rotatable bonds is 1. The molecule has 0 aliphatic carbocycles. The van der Waals surface area contributed by atoms with Crippen LogP contribution < -0.4 is 5.56 Å². The topological polar surface area (TPSA) is 34.9 Å². The lowest BCUT2D eigenvalue weighted by Crippen LogP contribution is -2.13. The molecule has 0 N–H and O–H groups in total. The third kappa shape index (κ3) is 1.50. The highest BCUT2D eigenvalue weighted by Crippen LogP contribution is 2.32. The van der Waals surface area contributed by atoms with E-state index in [9.17, 15) is 4.79 Å². The number of nitrogens with zero attached hydrogens (tertiary/aromatic N) is 2. The van der Waals surface area contributed by atoms with Crippen molar-refractivity contribution in [3.05, 3.63) is 34.6 Å². The van der Waals surface area contributed by atoms with Crippen LogP contribution >= 0.6 is 27.7 Å². The zero-order valence-corrected chi connectivity index (χ0v) is 10.8. The third-order valence-corrected chi connectivity index (χ3v) is 5.07. The number of para-hydroxylation sites is 1. The van der Waals surface area contributed by atoms with Gasteiger partial charge >= 0.3 is 0 Å². The molecule has 0 unspecified atom stereocenters. The first-order valence-corrected chi connectivity index (χ1v) is 7.02. The Balaban J connectivity index is 2.30. The Morgan fingerprint density at radius 2 is 2.31 bits per heavy atom. The third-order valence-electron chi connectivity index (χ3n) is 2.68. The highest BCUT2D eigenvalue weighted by Gasteiger charge is 2.24. The average Bonchev–Trinajstić information content (AvgIpc) is 2.72. The van der Waals surface area contributed by atoms with E-state index in [1.165, 1.54) is 0 Å². The molecule has 3 rings (SSSR count). The van der Waals surface area contributed by atoms with Gasteiger partial charge in [0.05, 0.1) is 10.9 Å². The molecule has 0 spiro atoms. The standard InChI is InChI=1S/C11H9BrN2OS/c12-5-7-6-14-9-4-2-1-3-8(9)10(15)13-11(14)16-7/h1-4,7H,5-6H2/t7-/m0/s1. The van der Waals surface area contributed by atoms with Crippen LogP contribution in [-0.2, 0) is 6.54 Å². The summed E-state index contributed by atoms with van der Waals surface area (Å²) in [6.07, 6.45) is 0. The second-order valence-electron chi connectivity index (χ2n) is 3.72. The lowest BCUT2D eigenvalue weighted by Gasteiger charge is -2.06. The lowest BCUT2D eigenvalue weighted by molar-refractivity contribution is 0.669. The van der Waals surface area contributed by atoms with Crippen LogP contribution in [0.25, 0.3) is 10.9 Å². The predicted molar refractivity (Wildman–Crippen MR) is 69.4 cm³/mol. The first kappa shape index (κ1) is 10.4. The summed E-state index contributed by atoms with van der Waals surface area (Å²) in [6, 6.07) is 7.66. The normalized spacial score (nSPS) is 18.9. The predicted octanol–water partition coefficient (Wildman–Crippen LogP) is 2.27. The number of aromatic nitrogens is 2. The number of thioether (sulfide) groups is 1. The molecule has 0 fully saturated rings. The van der Waals surface area contributed by atoms with Crippen LogP contribution in [0.5, 0.6) is 0 Å². The van der Waals surface area contributed by atoms with E-state index in [2.05, 4.69) is 25.5 Å². The van der Waals surface area contributed by atoms with Crippen LogP contribution in [-0.4, -0.2) is 20.1 Å². The summed E-state index contributed by atoms with van der Waals surface area (Å²) in [5.74, 6) is 0. The Morgan fingerprint density at radius 3 is 3.12 bits per heavy atom. The summed E-state index contributed by atoms with van der Waals surface area (Å²) in [4.78, 5) is 15.9. The quantitative estimate of drug-likeness (QED) is 0.598. The van der Waals surface area contributed by atoms with Gasteiger partial charge in [-0.2, -0.15) is 4.98 Å². The van der Waals surface area contributed by atoms with Gasteiger partial charge in [-0.25, -0.2) is 0 Å². The fourth-order valence-corrected chi connectivity index (χ4v) is 3.56. The molecular formula is C11H9BrN2OS. The maximum absolute atomic E-state index is 11.8. The van der Waals surface area contributed by atoms with Crippen molar-refractivity contribution >= 4 is 38.6 Å². The van der Waals surface area contributed by atoms with Crippen molar-refractivity contribution < 1.29 is 0 Å². The Bertz CT molecular complexity index is 610. The van der Waals surface area contributed by atoms with Crippen molar-refractivity contribution in [3.63, 3.8) is 0 Å². The van der Waals surface area contributed by atoms with Crippen molar-refractivity contribution in [2.75, 3.05) is 5.33 Å². The van der Waals surface area contributed by atoms with Gasteiger partial charge in [0.15, 0.2) is 5.16 Å². The number of fused-ring (bicyclic) bond motifs is 3. The van der Waals surface area contributed by atoms with E-state index in [4.69, 9.17) is 0 Å². The van der Waals surface area contributed by atoms with Crippen molar-refractivity contribution in [1.29, 1.82) is 0 Å². The van der Waals surface area contributed by atoms with E-state index < -0.39 is 0 Å². The van der Waals surface area contributed by atoms with E-state index in [-0.39, 0.29) is 5.56 Å². The molecule has 1 aromatic carbocycles. The molecule has 1 aliphatic rings. The number of hydrogen-bond donors (Lipinski definition) is 0. The van der Waals surface area contributed by atoms with Gasteiger partial charge in [-0.15, -0.1) is 0 Å². The molecule has 0 amide bonds. The maximum atomic E-state index is 11.8. The molecule has 2 aromatic rings. The van der Waals surface area contributed by atoms with Gasteiger partial charge in [0.2, 0.25) is 0 Å². The van der Waals surface area contributed by atoms with Crippen LogP contribution in [0.15, 0.2) is 34.2 Å². The fraction of sp³-hybridized carbons (Fsp3) is 0.273. The summed E-state index contributed by atoms with van der Waals surface area (Å²) < 4.78 is 2.13. The highest BCUT2D eigenvalue weighted by molar-refractivity contribution is 9.09. The molecular weight excluding hydrogens is 288 g/mol. The number of hydrogen-bond acceptors (Lipinski definition) is 3. The smallest absolute Gasteiger partial charge is 0.281 e. The Kier molecular flexibility index (Phi) is 2.52. The molecule has 1 aromatic heterocycles. The maximum Gasteiger partial charge on any atom is 0.281 e. The number of benzene rings is 1. The van der Waals surface area contributed by atoms with Crippen LogP contribution in [0.3, 0.4) is 0 Å².